The molecule has 3 aromatic carbocycles. The first kappa shape index (κ1) is 40.3. The van der Waals surface area contributed by atoms with Crippen LogP contribution in [-0.4, -0.2) is 82.2 Å². The van der Waals surface area contributed by atoms with Crippen LogP contribution in [0.3, 0.4) is 0 Å². The highest BCUT2D eigenvalue weighted by Crippen LogP contribution is 2.43. The van der Waals surface area contributed by atoms with E-state index in [1.165, 1.54) is 6.33 Å². The maximum absolute atomic E-state index is 12.8. The number of fused-ring (bicyclic) bond motifs is 1. The van der Waals surface area contributed by atoms with E-state index < -0.39 is 30.1 Å². The van der Waals surface area contributed by atoms with Crippen molar-refractivity contribution in [2.24, 2.45) is 11.8 Å². The molecule has 14 heteroatoms. The van der Waals surface area contributed by atoms with Gasteiger partial charge in [-0.05, 0) is 47.4 Å². The van der Waals surface area contributed by atoms with Gasteiger partial charge in [-0.1, -0.05) is 89.2 Å². The fraction of sp³-hybridized carbons (Fsp3) is 0.405. The Hall–Kier alpha value is -5.41. The molecule has 5 aromatic rings. The van der Waals surface area contributed by atoms with Crippen molar-refractivity contribution in [2.45, 2.75) is 71.2 Å². The van der Waals surface area contributed by atoms with Crippen LogP contribution in [-0.2, 0) is 29.4 Å². The molecule has 2 aromatic heterocycles. The van der Waals surface area contributed by atoms with Gasteiger partial charge in [0.25, 0.3) is 0 Å². The highest BCUT2D eigenvalue weighted by molar-refractivity contribution is 5.99. The molecule has 0 saturated carbocycles. The van der Waals surface area contributed by atoms with Gasteiger partial charge in [0.05, 0.1) is 27.2 Å². The second-order valence-electron chi connectivity index (χ2n) is 14.2. The predicted octanol–water partition coefficient (Wildman–Crippen LogP) is 6.09. The minimum absolute atomic E-state index is 0.0203. The molecule has 0 spiro atoms. The van der Waals surface area contributed by atoms with E-state index in [1.807, 2.05) is 85.8 Å². The summed E-state index contributed by atoms with van der Waals surface area (Å²) in [4.78, 5) is 39.2. The molecule has 0 radical (unpaired) electrons. The Labute approximate surface area is 326 Å². The molecular weight excluding hydrogens is 716 g/mol. The number of aromatic nitrogens is 4. The van der Waals surface area contributed by atoms with Gasteiger partial charge in [0.1, 0.15) is 35.4 Å². The van der Waals surface area contributed by atoms with Crippen molar-refractivity contribution >= 4 is 34.7 Å². The number of amides is 2. The largest absolute Gasteiger partial charge is 0.497 e. The fourth-order valence-corrected chi connectivity index (χ4v) is 6.56. The van der Waals surface area contributed by atoms with Gasteiger partial charge in [-0.15, -0.1) is 0 Å². The number of benzene rings is 3. The summed E-state index contributed by atoms with van der Waals surface area (Å²) in [6, 6.07) is 25.2. The maximum atomic E-state index is 12.8. The van der Waals surface area contributed by atoms with Gasteiger partial charge in [-0.3, -0.25) is 19.5 Å². The molecule has 0 bridgehead atoms. The highest BCUT2D eigenvalue weighted by atomic mass is 16.6. The smallest absolute Gasteiger partial charge is 0.233 e. The number of aliphatic hydroxyl groups excluding tert-OH is 1. The van der Waals surface area contributed by atoms with Crippen LogP contribution in [0.5, 0.6) is 11.5 Å². The molecule has 1 aliphatic rings. The van der Waals surface area contributed by atoms with Gasteiger partial charge < -0.3 is 34.1 Å². The Morgan fingerprint density at radius 2 is 1.41 bits per heavy atom. The molecule has 3 N–H and O–H groups in total. The first-order valence-corrected chi connectivity index (χ1v) is 18.8. The molecular formula is C42H50N6O8. The Bertz CT molecular complexity index is 2040. The molecule has 0 unspecified atom stereocenters. The third-order valence-corrected chi connectivity index (χ3v) is 9.69. The number of anilines is 2. The topological polar surface area (TPSA) is 168 Å². The number of rotatable bonds is 16. The zero-order valence-electron chi connectivity index (χ0n) is 32.8. The molecule has 3 heterocycles. The van der Waals surface area contributed by atoms with E-state index >= 15 is 0 Å². The van der Waals surface area contributed by atoms with Crippen LogP contribution in [0.1, 0.15) is 64.0 Å². The maximum Gasteiger partial charge on any atom is 0.233 e. The van der Waals surface area contributed by atoms with Crippen LogP contribution >= 0.6 is 0 Å². The van der Waals surface area contributed by atoms with Crippen LogP contribution in [0, 0.1) is 11.8 Å². The Kier molecular flexibility index (Phi) is 12.6. The molecule has 296 valence electrons. The lowest BCUT2D eigenvalue weighted by Crippen LogP contribution is -2.40. The van der Waals surface area contributed by atoms with Gasteiger partial charge in [-0.2, -0.15) is 9.97 Å². The fourth-order valence-electron chi connectivity index (χ4n) is 6.56. The summed E-state index contributed by atoms with van der Waals surface area (Å²) < 4.78 is 32.7. The third kappa shape index (κ3) is 8.24. The minimum Gasteiger partial charge on any atom is -0.497 e. The number of methoxy groups -OCH3 is 2. The lowest BCUT2D eigenvalue weighted by Gasteiger charge is -2.37. The summed E-state index contributed by atoms with van der Waals surface area (Å²) >= 11 is 0. The molecule has 6 rings (SSSR count). The Morgan fingerprint density at radius 1 is 0.839 bits per heavy atom. The molecule has 1 aliphatic heterocycles. The summed E-state index contributed by atoms with van der Waals surface area (Å²) in [5.41, 5.74) is 1.86. The van der Waals surface area contributed by atoms with Gasteiger partial charge in [0, 0.05) is 18.4 Å². The number of nitrogens with zero attached hydrogens (tertiary/aromatic N) is 4. The Morgan fingerprint density at radius 3 is 1.96 bits per heavy atom. The molecule has 2 amide bonds. The summed E-state index contributed by atoms with van der Waals surface area (Å²) in [5, 5.41) is 17.5. The van der Waals surface area contributed by atoms with Crippen LogP contribution in [0.25, 0.3) is 11.2 Å². The van der Waals surface area contributed by atoms with Crippen molar-refractivity contribution in [1.82, 2.24) is 19.5 Å². The number of aliphatic hydroxyl groups is 1. The minimum atomic E-state index is -1.16. The number of nitrogens with one attached hydrogen (secondary N) is 2. The summed E-state index contributed by atoms with van der Waals surface area (Å²) in [7, 11) is 3.23. The van der Waals surface area contributed by atoms with E-state index in [1.54, 1.807) is 46.5 Å². The molecule has 0 aliphatic carbocycles. The Balaban J connectivity index is 1.41. The van der Waals surface area contributed by atoms with Crippen molar-refractivity contribution in [3.05, 3.63) is 102 Å². The number of ether oxygens (including phenoxy) is 5. The molecule has 14 nitrogen and oxygen atoms in total. The first-order valence-electron chi connectivity index (χ1n) is 18.8. The lowest BCUT2D eigenvalue weighted by molar-refractivity contribution is -0.119. The van der Waals surface area contributed by atoms with E-state index in [-0.39, 0.29) is 53.2 Å². The molecule has 1 fully saturated rings. The molecule has 1 saturated heterocycles. The average molecular weight is 767 g/mol. The van der Waals surface area contributed by atoms with Crippen LogP contribution < -0.4 is 20.1 Å². The summed E-state index contributed by atoms with van der Waals surface area (Å²) in [6.45, 7) is 9.27. The predicted molar refractivity (Wildman–Crippen MR) is 210 cm³/mol. The lowest BCUT2D eigenvalue weighted by atomic mass is 9.80. The average Bonchev–Trinajstić information content (AvgIpc) is 3.77. The SMILES string of the molecule is CCCO[C@@H]1[C@H](O)[C@@H](COC(c2ccccc2)(c2ccc(OC)cc2)c2ccc(OC)cc2)O[C@H]1n1cnc2c(NC(=O)C(C)C)nc(NC(=O)C(C)C)nc21. The highest BCUT2D eigenvalue weighted by Gasteiger charge is 2.48. The quantitative estimate of drug-likeness (QED) is 0.0994. The van der Waals surface area contributed by atoms with Crippen molar-refractivity contribution in [3.8, 4) is 11.5 Å². The number of hydrogen-bond acceptors (Lipinski definition) is 11. The van der Waals surface area contributed by atoms with Crippen molar-refractivity contribution in [3.63, 3.8) is 0 Å². The monoisotopic (exact) mass is 766 g/mol. The van der Waals surface area contributed by atoms with E-state index in [0.29, 0.717) is 24.5 Å². The number of hydrogen-bond donors (Lipinski definition) is 3. The van der Waals surface area contributed by atoms with Gasteiger partial charge in [0.15, 0.2) is 23.2 Å². The van der Waals surface area contributed by atoms with Crippen molar-refractivity contribution < 1.29 is 38.4 Å². The second kappa shape index (κ2) is 17.6. The van der Waals surface area contributed by atoms with Crippen molar-refractivity contribution in [2.75, 3.05) is 38.1 Å². The van der Waals surface area contributed by atoms with Crippen molar-refractivity contribution in [1.29, 1.82) is 0 Å². The normalized spacial score (nSPS) is 18.4. The van der Waals surface area contributed by atoms with Gasteiger partial charge >= 0.3 is 0 Å². The second-order valence-corrected chi connectivity index (χ2v) is 14.2. The first-order chi connectivity index (χ1) is 27.0. The zero-order valence-corrected chi connectivity index (χ0v) is 32.8. The zero-order chi connectivity index (χ0) is 40.0. The number of carbonyl (C=O) groups excluding carboxylic acids is 2. The van der Waals surface area contributed by atoms with Crippen LogP contribution in [0.2, 0.25) is 0 Å². The van der Waals surface area contributed by atoms with Gasteiger partial charge in [0.2, 0.25) is 17.8 Å². The van der Waals surface area contributed by atoms with E-state index in [0.717, 1.165) is 16.7 Å². The van der Waals surface area contributed by atoms with Gasteiger partial charge in [-0.25, -0.2) is 4.98 Å². The molecule has 56 heavy (non-hydrogen) atoms. The van der Waals surface area contributed by atoms with E-state index in [2.05, 4.69) is 25.6 Å². The summed E-state index contributed by atoms with van der Waals surface area (Å²) in [6.07, 6.45) is -1.64. The van der Waals surface area contributed by atoms with E-state index in [9.17, 15) is 14.7 Å². The van der Waals surface area contributed by atoms with Crippen LogP contribution in [0.4, 0.5) is 11.8 Å². The number of imidazole rings is 1. The molecule has 4 atom stereocenters. The standard InChI is InChI=1S/C42H50N6O8/c1-8-22-54-35-34(49)32(56-40(35)48-24-43-33-36(44-38(50)25(2)3)45-41(46-37(33)48)47-39(51)26(4)5)23-55-42(27-12-10-9-11-13-27,28-14-18-30(52-6)19-15-28)29-16-20-31(53-7)21-17-29/h9-21,24-26,32,34-35,40,49H,8,22-23H2,1-7H3,(H2,44,45,46,47,50,51)/t32-,34-,35-,40-/m1/s1. The summed E-state index contributed by atoms with van der Waals surface area (Å²) in [5.74, 6) is 0.188. The third-order valence-electron chi connectivity index (χ3n) is 9.69. The number of carbonyl (C=O) groups is 2. The van der Waals surface area contributed by atoms with Crippen LogP contribution in [0.15, 0.2) is 85.2 Å². The van der Waals surface area contributed by atoms with E-state index in [4.69, 9.17) is 23.7 Å².